The van der Waals surface area contributed by atoms with Gasteiger partial charge in [0.15, 0.2) is 5.78 Å². The number of carbonyl (C=O) groups is 1. The standard InChI is InChI=1S/C11H16N2O3/c1-7(14)8-4-3-5-9(13-8)11(16)10(15)6-12-2/h3-5,10-12,15-16H,6H2,1-2H3. The molecule has 1 heterocycles. The number of likely N-dealkylation sites (N-methyl/N-ethyl adjacent to an activating group) is 1. The first-order valence-corrected chi connectivity index (χ1v) is 5.05. The molecule has 0 saturated heterocycles. The van der Waals surface area contributed by atoms with Gasteiger partial charge in [0.1, 0.15) is 11.8 Å². The fraction of sp³-hybridized carbons (Fsp3) is 0.455. The van der Waals surface area contributed by atoms with E-state index in [0.29, 0.717) is 5.69 Å². The van der Waals surface area contributed by atoms with Crippen LogP contribution in [-0.2, 0) is 0 Å². The first kappa shape index (κ1) is 12.8. The minimum absolute atomic E-state index is 0.169. The van der Waals surface area contributed by atoms with Crippen LogP contribution in [0, 0.1) is 0 Å². The molecule has 0 bridgehead atoms. The van der Waals surface area contributed by atoms with Crippen molar-refractivity contribution in [2.75, 3.05) is 13.6 Å². The van der Waals surface area contributed by atoms with Crippen molar-refractivity contribution in [3.8, 4) is 0 Å². The summed E-state index contributed by atoms with van der Waals surface area (Å²) in [6, 6.07) is 4.79. The Hall–Kier alpha value is -1.30. The van der Waals surface area contributed by atoms with E-state index in [1.165, 1.54) is 6.92 Å². The van der Waals surface area contributed by atoms with Crippen molar-refractivity contribution >= 4 is 5.78 Å². The number of aliphatic hydroxyl groups excluding tert-OH is 2. The highest BCUT2D eigenvalue weighted by molar-refractivity contribution is 5.92. The SMILES string of the molecule is CNCC(O)C(O)c1cccc(C(C)=O)n1. The molecule has 0 aliphatic rings. The molecule has 2 unspecified atom stereocenters. The second-order valence-corrected chi connectivity index (χ2v) is 3.57. The molecular weight excluding hydrogens is 208 g/mol. The highest BCUT2D eigenvalue weighted by Crippen LogP contribution is 2.14. The van der Waals surface area contributed by atoms with Gasteiger partial charge in [0.05, 0.1) is 11.8 Å². The maximum atomic E-state index is 11.1. The average Bonchev–Trinajstić information content (AvgIpc) is 2.28. The van der Waals surface area contributed by atoms with Crippen molar-refractivity contribution in [2.24, 2.45) is 0 Å². The lowest BCUT2D eigenvalue weighted by Gasteiger charge is -2.17. The lowest BCUT2D eigenvalue weighted by atomic mass is 10.1. The first-order valence-electron chi connectivity index (χ1n) is 5.05. The number of aromatic nitrogens is 1. The third-order valence-corrected chi connectivity index (χ3v) is 2.21. The van der Waals surface area contributed by atoms with Crippen molar-refractivity contribution in [2.45, 2.75) is 19.1 Å². The molecule has 2 atom stereocenters. The van der Waals surface area contributed by atoms with Crippen LogP contribution in [0.5, 0.6) is 0 Å². The molecular formula is C11H16N2O3. The highest BCUT2D eigenvalue weighted by atomic mass is 16.3. The normalized spacial score (nSPS) is 14.5. The Morgan fingerprint density at radius 1 is 1.50 bits per heavy atom. The van der Waals surface area contributed by atoms with E-state index >= 15 is 0 Å². The van der Waals surface area contributed by atoms with Crippen LogP contribution in [0.3, 0.4) is 0 Å². The fourth-order valence-electron chi connectivity index (χ4n) is 1.33. The zero-order chi connectivity index (χ0) is 12.1. The van der Waals surface area contributed by atoms with E-state index in [1.54, 1.807) is 25.2 Å². The minimum Gasteiger partial charge on any atom is -0.389 e. The van der Waals surface area contributed by atoms with Crippen LogP contribution in [0.2, 0.25) is 0 Å². The number of Topliss-reactive ketones (excluding diaryl/α,β-unsaturated/α-hetero) is 1. The summed E-state index contributed by atoms with van der Waals surface area (Å²) in [5.41, 5.74) is 0.587. The van der Waals surface area contributed by atoms with E-state index in [2.05, 4.69) is 10.3 Å². The summed E-state index contributed by atoms with van der Waals surface area (Å²) in [7, 11) is 1.68. The van der Waals surface area contributed by atoms with Gasteiger partial charge >= 0.3 is 0 Å². The molecule has 0 fully saturated rings. The Morgan fingerprint density at radius 3 is 2.75 bits per heavy atom. The number of nitrogens with one attached hydrogen (secondary N) is 1. The second kappa shape index (κ2) is 5.69. The molecule has 5 heteroatoms. The van der Waals surface area contributed by atoms with Crippen molar-refractivity contribution in [3.63, 3.8) is 0 Å². The summed E-state index contributed by atoms with van der Waals surface area (Å²) in [5.74, 6) is -0.169. The maximum Gasteiger partial charge on any atom is 0.178 e. The minimum atomic E-state index is -1.09. The molecule has 1 rings (SSSR count). The third-order valence-electron chi connectivity index (χ3n) is 2.21. The molecule has 0 saturated carbocycles. The van der Waals surface area contributed by atoms with Crippen molar-refractivity contribution in [1.82, 2.24) is 10.3 Å². The van der Waals surface area contributed by atoms with Gasteiger partial charge in [-0.2, -0.15) is 0 Å². The number of pyridine rings is 1. The number of nitrogens with zero attached hydrogens (tertiary/aromatic N) is 1. The predicted molar refractivity (Wildman–Crippen MR) is 59.1 cm³/mol. The summed E-state index contributed by atoms with van der Waals surface area (Å²) in [5, 5.41) is 22.1. The molecule has 88 valence electrons. The van der Waals surface area contributed by atoms with E-state index in [-0.39, 0.29) is 18.0 Å². The van der Waals surface area contributed by atoms with Gasteiger partial charge in [0.2, 0.25) is 0 Å². The van der Waals surface area contributed by atoms with Crippen molar-refractivity contribution in [3.05, 3.63) is 29.6 Å². The number of hydrogen-bond donors (Lipinski definition) is 3. The number of aliphatic hydroxyl groups is 2. The van der Waals surface area contributed by atoms with Gasteiger partial charge < -0.3 is 15.5 Å². The van der Waals surface area contributed by atoms with Gasteiger partial charge in [-0.15, -0.1) is 0 Å². The van der Waals surface area contributed by atoms with Crippen LogP contribution < -0.4 is 5.32 Å². The van der Waals surface area contributed by atoms with Crippen LogP contribution in [0.15, 0.2) is 18.2 Å². The topological polar surface area (TPSA) is 82.5 Å². The molecule has 0 radical (unpaired) electrons. The summed E-state index contributed by atoms with van der Waals surface area (Å²) >= 11 is 0. The van der Waals surface area contributed by atoms with Gasteiger partial charge in [-0.1, -0.05) is 6.07 Å². The summed E-state index contributed by atoms with van der Waals surface area (Å²) in [6.45, 7) is 1.66. The zero-order valence-corrected chi connectivity index (χ0v) is 9.34. The number of hydrogen-bond acceptors (Lipinski definition) is 5. The van der Waals surface area contributed by atoms with Crippen LogP contribution in [-0.4, -0.2) is 40.7 Å². The van der Waals surface area contributed by atoms with Crippen molar-refractivity contribution in [1.29, 1.82) is 0 Å². The Kier molecular flexibility index (Phi) is 4.54. The Bertz CT molecular complexity index is 368. The van der Waals surface area contributed by atoms with Crippen LogP contribution in [0.1, 0.15) is 29.2 Å². The molecule has 0 amide bonds. The number of rotatable bonds is 5. The lowest BCUT2D eigenvalue weighted by molar-refractivity contribution is 0.0176. The predicted octanol–water partition coefficient (Wildman–Crippen LogP) is -0.102. The second-order valence-electron chi connectivity index (χ2n) is 3.57. The molecule has 3 N–H and O–H groups in total. The maximum absolute atomic E-state index is 11.1. The van der Waals surface area contributed by atoms with Crippen LogP contribution in [0.4, 0.5) is 0 Å². The van der Waals surface area contributed by atoms with E-state index in [0.717, 1.165) is 0 Å². The number of carbonyl (C=O) groups excluding carboxylic acids is 1. The summed E-state index contributed by atoms with van der Waals surface area (Å²) in [6.07, 6.45) is -2.04. The Morgan fingerprint density at radius 2 is 2.19 bits per heavy atom. The largest absolute Gasteiger partial charge is 0.389 e. The quantitative estimate of drug-likeness (QED) is 0.608. The smallest absolute Gasteiger partial charge is 0.178 e. The van der Waals surface area contributed by atoms with Gasteiger partial charge in [-0.05, 0) is 19.2 Å². The Balaban J connectivity index is 2.86. The molecule has 1 aromatic heterocycles. The van der Waals surface area contributed by atoms with Gasteiger partial charge in [-0.3, -0.25) is 4.79 Å². The van der Waals surface area contributed by atoms with E-state index < -0.39 is 12.2 Å². The third kappa shape index (κ3) is 3.10. The highest BCUT2D eigenvalue weighted by Gasteiger charge is 2.19. The van der Waals surface area contributed by atoms with E-state index in [1.807, 2.05) is 0 Å². The van der Waals surface area contributed by atoms with Gasteiger partial charge in [0, 0.05) is 13.5 Å². The zero-order valence-electron chi connectivity index (χ0n) is 9.34. The summed E-state index contributed by atoms with van der Waals surface area (Å²) in [4.78, 5) is 15.1. The van der Waals surface area contributed by atoms with Gasteiger partial charge in [-0.25, -0.2) is 4.98 Å². The molecule has 0 spiro atoms. The molecule has 1 aromatic rings. The number of ketones is 1. The van der Waals surface area contributed by atoms with E-state index in [4.69, 9.17) is 0 Å². The molecule has 5 nitrogen and oxygen atoms in total. The molecule has 0 aliphatic heterocycles. The average molecular weight is 224 g/mol. The Labute approximate surface area is 94.1 Å². The van der Waals surface area contributed by atoms with Crippen LogP contribution >= 0.6 is 0 Å². The lowest BCUT2D eigenvalue weighted by Crippen LogP contribution is -2.30. The van der Waals surface area contributed by atoms with Crippen LogP contribution in [0.25, 0.3) is 0 Å². The molecule has 16 heavy (non-hydrogen) atoms. The molecule has 0 aromatic carbocycles. The monoisotopic (exact) mass is 224 g/mol. The van der Waals surface area contributed by atoms with Gasteiger partial charge in [0.25, 0.3) is 0 Å². The van der Waals surface area contributed by atoms with E-state index in [9.17, 15) is 15.0 Å². The van der Waals surface area contributed by atoms with Crippen molar-refractivity contribution < 1.29 is 15.0 Å². The fourth-order valence-corrected chi connectivity index (χ4v) is 1.33. The molecule has 0 aliphatic carbocycles. The first-order chi connectivity index (χ1) is 7.56. The summed E-state index contributed by atoms with van der Waals surface area (Å²) < 4.78 is 0.